The first kappa shape index (κ1) is 10.2. The van der Waals surface area contributed by atoms with E-state index in [1.165, 1.54) is 55.5 Å². The summed E-state index contributed by atoms with van der Waals surface area (Å²) in [5, 5.41) is 3.66. The highest BCUT2D eigenvalue weighted by molar-refractivity contribution is 5.66. The lowest BCUT2D eigenvalue weighted by molar-refractivity contribution is 0.319. The second kappa shape index (κ2) is 3.51. The molecule has 1 spiro atoms. The quantitative estimate of drug-likeness (QED) is 0.691. The molecule has 0 aromatic heterocycles. The zero-order chi connectivity index (χ0) is 11.2. The van der Waals surface area contributed by atoms with Crippen molar-refractivity contribution in [3.8, 4) is 0 Å². The molecule has 1 saturated carbocycles. The normalized spacial score (nSPS) is 21.9. The van der Waals surface area contributed by atoms with E-state index in [0.29, 0.717) is 5.41 Å². The minimum atomic E-state index is 0.477. The first-order valence-corrected chi connectivity index (χ1v) is 6.57. The van der Waals surface area contributed by atoms with Gasteiger partial charge in [0, 0.05) is 17.6 Å². The van der Waals surface area contributed by atoms with Crippen LogP contribution in [0.25, 0.3) is 0 Å². The molecule has 1 heterocycles. The third-order valence-electron chi connectivity index (χ3n) is 4.47. The standard InChI is InChI=1S/C15H21N/c1-11-8-12(2)14-13(9-11)15(10-16-14)6-4-3-5-7-15/h8-9,16H,3-7,10H2,1-2H3. The lowest BCUT2D eigenvalue weighted by Crippen LogP contribution is -2.30. The van der Waals surface area contributed by atoms with Gasteiger partial charge in [0.05, 0.1) is 0 Å². The fourth-order valence-electron chi connectivity index (χ4n) is 3.65. The van der Waals surface area contributed by atoms with Crippen LogP contribution in [0.2, 0.25) is 0 Å². The van der Waals surface area contributed by atoms with Crippen LogP contribution in [-0.2, 0) is 5.41 Å². The summed E-state index contributed by atoms with van der Waals surface area (Å²) in [7, 11) is 0. The maximum Gasteiger partial charge on any atom is 0.0409 e. The largest absolute Gasteiger partial charge is 0.384 e. The average Bonchev–Trinajstić information content (AvgIpc) is 2.59. The van der Waals surface area contributed by atoms with Gasteiger partial charge < -0.3 is 5.32 Å². The first-order valence-electron chi connectivity index (χ1n) is 6.57. The van der Waals surface area contributed by atoms with E-state index >= 15 is 0 Å². The van der Waals surface area contributed by atoms with Crippen LogP contribution < -0.4 is 5.32 Å². The van der Waals surface area contributed by atoms with Crippen LogP contribution in [0.5, 0.6) is 0 Å². The first-order chi connectivity index (χ1) is 7.71. The molecule has 0 amide bonds. The predicted molar refractivity (Wildman–Crippen MR) is 69.2 cm³/mol. The van der Waals surface area contributed by atoms with Gasteiger partial charge in [0.1, 0.15) is 0 Å². The minimum Gasteiger partial charge on any atom is -0.384 e. The van der Waals surface area contributed by atoms with Crippen LogP contribution in [0, 0.1) is 13.8 Å². The van der Waals surface area contributed by atoms with Crippen molar-refractivity contribution in [1.82, 2.24) is 0 Å². The highest BCUT2D eigenvalue weighted by Gasteiger charge is 2.40. The number of anilines is 1. The fourth-order valence-corrected chi connectivity index (χ4v) is 3.65. The summed E-state index contributed by atoms with van der Waals surface area (Å²) in [5.74, 6) is 0. The van der Waals surface area contributed by atoms with E-state index in [1.807, 2.05) is 0 Å². The number of hydrogen-bond acceptors (Lipinski definition) is 1. The van der Waals surface area contributed by atoms with Gasteiger partial charge in [-0.3, -0.25) is 0 Å². The van der Waals surface area contributed by atoms with Gasteiger partial charge in [0.25, 0.3) is 0 Å². The third-order valence-corrected chi connectivity index (χ3v) is 4.47. The van der Waals surface area contributed by atoms with Gasteiger partial charge in [0.2, 0.25) is 0 Å². The smallest absolute Gasteiger partial charge is 0.0409 e. The average molecular weight is 215 g/mol. The zero-order valence-electron chi connectivity index (χ0n) is 10.4. The Morgan fingerprint density at radius 3 is 2.56 bits per heavy atom. The van der Waals surface area contributed by atoms with Gasteiger partial charge in [-0.2, -0.15) is 0 Å². The Balaban J connectivity index is 2.10. The second-order valence-corrected chi connectivity index (χ2v) is 5.70. The minimum absolute atomic E-state index is 0.477. The van der Waals surface area contributed by atoms with E-state index in [-0.39, 0.29) is 0 Å². The molecule has 1 nitrogen and oxygen atoms in total. The number of benzene rings is 1. The maximum atomic E-state index is 3.66. The summed E-state index contributed by atoms with van der Waals surface area (Å²) in [6.45, 7) is 5.63. The molecule has 0 radical (unpaired) electrons. The Morgan fingerprint density at radius 2 is 1.81 bits per heavy atom. The molecule has 1 aromatic carbocycles. The Morgan fingerprint density at radius 1 is 1.06 bits per heavy atom. The Kier molecular flexibility index (Phi) is 2.24. The van der Waals surface area contributed by atoms with Gasteiger partial charge in [-0.1, -0.05) is 37.0 Å². The number of fused-ring (bicyclic) bond motifs is 2. The molecule has 1 fully saturated rings. The molecular weight excluding hydrogens is 194 g/mol. The van der Waals surface area contributed by atoms with Crippen molar-refractivity contribution in [3.63, 3.8) is 0 Å². The Hall–Kier alpha value is -0.980. The summed E-state index contributed by atoms with van der Waals surface area (Å²) in [6.07, 6.45) is 7.02. The fraction of sp³-hybridized carbons (Fsp3) is 0.600. The number of aryl methyl sites for hydroxylation is 2. The highest BCUT2D eigenvalue weighted by atomic mass is 14.9. The molecule has 1 aliphatic heterocycles. The molecule has 0 unspecified atom stereocenters. The molecule has 0 bridgehead atoms. The van der Waals surface area contributed by atoms with Crippen molar-refractivity contribution >= 4 is 5.69 Å². The molecule has 1 aliphatic carbocycles. The second-order valence-electron chi connectivity index (χ2n) is 5.70. The topological polar surface area (TPSA) is 12.0 Å². The monoisotopic (exact) mass is 215 g/mol. The maximum absolute atomic E-state index is 3.66. The Bertz CT molecular complexity index is 414. The van der Waals surface area contributed by atoms with Crippen LogP contribution >= 0.6 is 0 Å². The summed E-state index contributed by atoms with van der Waals surface area (Å²) in [6, 6.07) is 4.72. The molecular formula is C15H21N. The summed E-state index contributed by atoms with van der Waals surface area (Å²) < 4.78 is 0. The van der Waals surface area contributed by atoms with Crippen molar-refractivity contribution < 1.29 is 0 Å². The van der Waals surface area contributed by atoms with Crippen molar-refractivity contribution in [1.29, 1.82) is 0 Å². The predicted octanol–water partition coefficient (Wildman–Crippen LogP) is 3.93. The lowest BCUT2D eigenvalue weighted by Gasteiger charge is -2.33. The lowest BCUT2D eigenvalue weighted by atomic mass is 9.70. The van der Waals surface area contributed by atoms with Crippen molar-refractivity contribution in [2.24, 2.45) is 0 Å². The van der Waals surface area contributed by atoms with Crippen LogP contribution in [0.1, 0.15) is 48.8 Å². The molecule has 1 aromatic rings. The van der Waals surface area contributed by atoms with E-state index in [1.54, 1.807) is 5.56 Å². The third kappa shape index (κ3) is 1.37. The van der Waals surface area contributed by atoms with Gasteiger partial charge in [0.15, 0.2) is 0 Å². The van der Waals surface area contributed by atoms with Gasteiger partial charge in [-0.15, -0.1) is 0 Å². The van der Waals surface area contributed by atoms with E-state index in [2.05, 4.69) is 31.3 Å². The summed E-state index contributed by atoms with van der Waals surface area (Å²) in [5.41, 5.74) is 6.38. The van der Waals surface area contributed by atoms with Gasteiger partial charge in [-0.05, 0) is 37.8 Å². The van der Waals surface area contributed by atoms with Gasteiger partial charge in [-0.25, -0.2) is 0 Å². The SMILES string of the molecule is Cc1cc(C)c2c(c1)C1(CCCCC1)CN2. The highest BCUT2D eigenvalue weighted by Crippen LogP contribution is 2.47. The number of hydrogen-bond donors (Lipinski definition) is 1. The van der Waals surface area contributed by atoms with Crippen molar-refractivity contribution in [2.75, 3.05) is 11.9 Å². The molecule has 1 heteroatoms. The molecule has 86 valence electrons. The van der Waals surface area contributed by atoms with Crippen molar-refractivity contribution in [3.05, 3.63) is 28.8 Å². The number of rotatable bonds is 0. The Labute approximate surface area is 98.3 Å². The van der Waals surface area contributed by atoms with E-state index in [9.17, 15) is 0 Å². The van der Waals surface area contributed by atoms with Crippen LogP contribution in [0.3, 0.4) is 0 Å². The molecule has 2 aliphatic rings. The van der Waals surface area contributed by atoms with Crippen molar-refractivity contribution in [2.45, 2.75) is 51.4 Å². The molecule has 1 N–H and O–H groups in total. The molecule has 3 rings (SSSR count). The van der Waals surface area contributed by atoms with E-state index < -0.39 is 0 Å². The van der Waals surface area contributed by atoms with Crippen LogP contribution in [-0.4, -0.2) is 6.54 Å². The summed E-state index contributed by atoms with van der Waals surface area (Å²) >= 11 is 0. The van der Waals surface area contributed by atoms with Gasteiger partial charge >= 0.3 is 0 Å². The zero-order valence-corrected chi connectivity index (χ0v) is 10.4. The van der Waals surface area contributed by atoms with E-state index in [0.717, 1.165) is 0 Å². The molecule has 0 atom stereocenters. The number of nitrogens with one attached hydrogen (secondary N) is 1. The molecule has 16 heavy (non-hydrogen) atoms. The van der Waals surface area contributed by atoms with Crippen LogP contribution in [0.15, 0.2) is 12.1 Å². The summed E-state index contributed by atoms with van der Waals surface area (Å²) in [4.78, 5) is 0. The van der Waals surface area contributed by atoms with Crippen LogP contribution in [0.4, 0.5) is 5.69 Å². The molecule has 0 saturated heterocycles. The van der Waals surface area contributed by atoms with E-state index in [4.69, 9.17) is 0 Å².